The van der Waals surface area contributed by atoms with E-state index < -0.39 is 22.7 Å². The van der Waals surface area contributed by atoms with E-state index >= 15 is 0 Å². The Morgan fingerprint density at radius 3 is 2.59 bits per heavy atom. The van der Waals surface area contributed by atoms with Crippen molar-refractivity contribution in [2.45, 2.75) is 24.9 Å². The molecule has 6 rings (SSSR count). The number of nitrogens with one attached hydrogen (secondary N) is 2. The number of aromatic amines is 1. The number of nitro groups is 1. The van der Waals surface area contributed by atoms with Crippen molar-refractivity contribution in [3.05, 3.63) is 99.2 Å². The van der Waals surface area contributed by atoms with Gasteiger partial charge in [0.1, 0.15) is 18.1 Å². The summed E-state index contributed by atoms with van der Waals surface area (Å²) in [7, 11) is 1.44. The average molecular weight is 498 g/mol. The highest BCUT2D eigenvalue weighted by atomic mass is 16.6. The summed E-state index contributed by atoms with van der Waals surface area (Å²) in [5, 5.41) is 14.6. The minimum Gasteiger partial charge on any atom is -0.496 e. The number of hydrogen-bond acceptors (Lipinski definition) is 6. The van der Waals surface area contributed by atoms with Crippen LogP contribution in [0.1, 0.15) is 34.2 Å². The molecule has 4 aromatic rings. The SMILES string of the molecule is COc1cc([N+](=O)[O-])ccc1C1Cc2[nH]c3ccc(OCc4ccccc4)cc3c2C2C(=O)NC(=O)C12. The molecule has 2 N–H and O–H groups in total. The quantitative estimate of drug-likeness (QED) is 0.232. The maximum atomic E-state index is 13.1. The fourth-order valence-corrected chi connectivity index (χ4v) is 5.69. The van der Waals surface area contributed by atoms with Crippen LogP contribution >= 0.6 is 0 Å². The first kappa shape index (κ1) is 22.8. The van der Waals surface area contributed by atoms with Crippen molar-refractivity contribution < 1.29 is 24.0 Å². The molecule has 1 fully saturated rings. The zero-order valence-electron chi connectivity index (χ0n) is 19.9. The second-order valence-corrected chi connectivity index (χ2v) is 9.35. The summed E-state index contributed by atoms with van der Waals surface area (Å²) in [6.45, 7) is 0.409. The lowest BCUT2D eigenvalue weighted by atomic mass is 9.69. The van der Waals surface area contributed by atoms with E-state index in [0.29, 0.717) is 30.1 Å². The summed E-state index contributed by atoms with van der Waals surface area (Å²) in [4.78, 5) is 40.4. The number of imide groups is 1. The van der Waals surface area contributed by atoms with Crippen molar-refractivity contribution in [1.29, 1.82) is 0 Å². The summed E-state index contributed by atoms with van der Waals surface area (Å²) < 4.78 is 11.5. The Hall–Kier alpha value is -4.66. The zero-order valence-corrected chi connectivity index (χ0v) is 19.9. The maximum absolute atomic E-state index is 13.1. The van der Waals surface area contributed by atoms with Crippen LogP contribution in [-0.4, -0.2) is 28.8 Å². The Morgan fingerprint density at radius 2 is 1.84 bits per heavy atom. The molecule has 2 amide bonds. The number of benzene rings is 3. The van der Waals surface area contributed by atoms with Crippen molar-refractivity contribution in [3.8, 4) is 11.5 Å². The Kier molecular flexibility index (Phi) is 5.40. The fraction of sp³-hybridized carbons (Fsp3) is 0.214. The number of nitrogens with zero attached hydrogens (tertiary/aromatic N) is 1. The fourth-order valence-electron chi connectivity index (χ4n) is 5.69. The molecule has 0 saturated carbocycles. The summed E-state index contributed by atoms with van der Waals surface area (Å²) in [5.41, 5.74) is 4.09. The molecule has 9 nitrogen and oxygen atoms in total. The molecule has 0 bridgehead atoms. The van der Waals surface area contributed by atoms with Gasteiger partial charge in [0.15, 0.2) is 0 Å². The Morgan fingerprint density at radius 1 is 1.03 bits per heavy atom. The van der Waals surface area contributed by atoms with Gasteiger partial charge in [0, 0.05) is 28.6 Å². The number of carbonyl (C=O) groups excluding carboxylic acids is 2. The third kappa shape index (κ3) is 3.79. The van der Waals surface area contributed by atoms with E-state index in [4.69, 9.17) is 9.47 Å². The van der Waals surface area contributed by atoms with Crippen molar-refractivity contribution in [3.63, 3.8) is 0 Å². The molecule has 3 atom stereocenters. The monoisotopic (exact) mass is 497 g/mol. The average Bonchev–Trinajstić information content (AvgIpc) is 3.42. The summed E-state index contributed by atoms with van der Waals surface area (Å²) in [5.74, 6) is -1.47. The predicted molar refractivity (Wildman–Crippen MR) is 135 cm³/mol. The van der Waals surface area contributed by atoms with Crippen molar-refractivity contribution in [1.82, 2.24) is 10.3 Å². The van der Waals surface area contributed by atoms with Crippen molar-refractivity contribution in [2.24, 2.45) is 5.92 Å². The van der Waals surface area contributed by atoms with Crippen LogP contribution < -0.4 is 14.8 Å². The Labute approximate surface area is 211 Å². The third-order valence-corrected chi connectivity index (χ3v) is 7.33. The first-order valence-corrected chi connectivity index (χ1v) is 11.9. The highest BCUT2D eigenvalue weighted by Crippen LogP contribution is 2.51. The molecule has 3 unspecified atom stereocenters. The van der Waals surface area contributed by atoms with Gasteiger partial charge in [-0.05, 0) is 47.4 Å². The summed E-state index contributed by atoms with van der Waals surface area (Å²) in [6, 6.07) is 19.9. The first-order valence-electron chi connectivity index (χ1n) is 11.9. The Bertz CT molecular complexity index is 1560. The molecule has 3 aromatic carbocycles. The number of H-pyrrole nitrogens is 1. The van der Waals surface area contributed by atoms with Crippen LogP contribution in [0.5, 0.6) is 11.5 Å². The third-order valence-electron chi connectivity index (χ3n) is 7.33. The lowest BCUT2D eigenvalue weighted by Crippen LogP contribution is -2.31. The normalized spacial score (nSPS) is 20.3. The van der Waals surface area contributed by atoms with Crippen molar-refractivity contribution in [2.75, 3.05) is 7.11 Å². The van der Waals surface area contributed by atoms with Gasteiger partial charge in [-0.25, -0.2) is 0 Å². The minimum absolute atomic E-state index is 0.103. The minimum atomic E-state index is -0.695. The van der Waals surface area contributed by atoms with Crippen LogP contribution in [0.2, 0.25) is 0 Å². The maximum Gasteiger partial charge on any atom is 0.273 e. The van der Waals surface area contributed by atoms with Crippen LogP contribution in [0.4, 0.5) is 5.69 Å². The number of rotatable bonds is 6. The van der Waals surface area contributed by atoms with Gasteiger partial charge in [-0.1, -0.05) is 30.3 Å². The van der Waals surface area contributed by atoms with Gasteiger partial charge in [-0.15, -0.1) is 0 Å². The van der Waals surface area contributed by atoms with Crippen LogP contribution in [0.15, 0.2) is 66.7 Å². The Balaban J connectivity index is 1.41. The largest absolute Gasteiger partial charge is 0.496 e. The molecule has 1 aliphatic heterocycles. The molecule has 37 heavy (non-hydrogen) atoms. The number of nitro benzene ring substituents is 1. The topological polar surface area (TPSA) is 124 Å². The summed E-state index contributed by atoms with van der Waals surface area (Å²) in [6.07, 6.45) is 0.445. The molecule has 1 aromatic heterocycles. The number of amides is 2. The van der Waals surface area contributed by atoms with E-state index in [2.05, 4.69) is 10.3 Å². The van der Waals surface area contributed by atoms with Gasteiger partial charge in [0.05, 0.1) is 29.9 Å². The summed E-state index contributed by atoms with van der Waals surface area (Å²) >= 11 is 0. The van der Waals surface area contributed by atoms with Gasteiger partial charge in [-0.3, -0.25) is 25.0 Å². The predicted octanol–water partition coefficient (Wildman–Crippen LogP) is 4.36. The standard InChI is InChI=1S/C28H23N3O6/c1-36-23-11-16(31(34)35)7-9-18(23)19-13-22-24(26-25(19)27(32)30-28(26)33)20-12-17(8-10-21(20)29-22)37-14-15-5-3-2-4-6-15/h2-12,19,25-26,29H,13-14H2,1H3,(H,30,32,33). The molecule has 0 radical (unpaired) electrons. The van der Waals surface area contributed by atoms with Crippen molar-refractivity contribution >= 4 is 28.4 Å². The second-order valence-electron chi connectivity index (χ2n) is 9.35. The van der Waals surface area contributed by atoms with Gasteiger partial charge < -0.3 is 14.5 Å². The number of ether oxygens (including phenoxy) is 2. The number of fused-ring (bicyclic) bond motifs is 5. The molecular weight excluding hydrogens is 474 g/mol. The van der Waals surface area contributed by atoms with E-state index in [1.807, 2.05) is 48.5 Å². The molecule has 0 spiro atoms. The van der Waals surface area contributed by atoms with Crippen LogP contribution in [0.3, 0.4) is 0 Å². The van der Waals surface area contributed by atoms with Crippen LogP contribution in [0, 0.1) is 16.0 Å². The van der Waals surface area contributed by atoms with E-state index in [1.165, 1.54) is 19.2 Å². The van der Waals surface area contributed by atoms with Crippen LogP contribution in [0.25, 0.3) is 10.9 Å². The highest BCUT2D eigenvalue weighted by Gasteiger charge is 2.52. The number of aromatic nitrogens is 1. The molecule has 9 heteroatoms. The number of hydrogen-bond donors (Lipinski definition) is 2. The van der Waals surface area contributed by atoms with E-state index in [-0.39, 0.29) is 17.5 Å². The molecule has 1 aliphatic carbocycles. The molecule has 1 saturated heterocycles. The highest BCUT2D eigenvalue weighted by molar-refractivity contribution is 6.10. The van der Waals surface area contributed by atoms with Gasteiger partial charge >= 0.3 is 0 Å². The number of carbonyl (C=O) groups is 2. The molecule has 2 heterocycles. The van der Waals surface area contributed by atoms with Gasteiger partial charge in [0.2, 0.25) is 11.8 Å². The van der Waals surface area contributed by atoms with E-state index in [0.717, 1.165) is 27.7 Å². The number of non-ortho nitro benzene ring substituents is 1. The molecular formula is C28H23N3O6. The zero-order chi connectivity index (χ0) is 25.7. The lowest BCUT2D eigenvalue weighted by molar-refractivity contribution is -0.384. The van der Waals surface area contributed by atoms with E-state index in [9.17, 15) is 19.7 Å². The first-order chi connectivity index (χ1) is 17.9. The van der Waals surface area contributed by atoms with Gasteiger partial charge in [0.25, 0.3) is 5.69 Å². The number of methoxy groups -OCH3 is 1. The van der Waals surface area contributed by atoms with Gasteiger partial charge in [-0.2, -0.15) is 0 Å². The second kappa shape index (κ2) is 8.77. The van der Waals surface area contributed by atoms with E-state index in [1.54, 1.807) is 6.07 Å². The smallest absolute Gasteiger partial charge is 0.273 e. The lowest BCUT2D eigenvalue weighted by Gasteiger charge is -2.32. The molecule has 186 valence electrons. The van der Waals surface area contributed by atoms with Crippen LogP contribution in [-0.2, 0) is 22.6 Å². The molecule has 2 aliphatic rings.